The van der Waals surface area contributed by atoms with E-state index in [0.29, 0.717) is 11.4 Å². The smallest absolute Gasteiger partial charge is 0.265 e. The number of amides is 1. The quantitative estimate of drug-likeness (QED) is 0.600. The first kappa shape index (κ1) is 21.3. The second kappa shape index (κ2) is 8.91. The highest BCUT2D eigenvalue weighted by Crippen LogP contribution is 2.21. The monoisotopic (exact) mass is 426 g/mol. The molecule has 0 saturated heterocycles. The van der Waals surface area contributed by atoms with Gasteiger partial charge in [-0.25, -0.2) is 23.1 Å². The Morgan fingerprint density at radius 1 is 1.03 bits per heavy atom. The van der Waals surface area contributed by atoms with Gasteiger partial charge in [-0.15, -0.1) is 0 Å². The van der Waals surface area contributed by atoms with Gasteiger partial charge in [0.25, 0.3) is 15.9 Å². The topological polar surface area (TPSA) is 110 Å². The third-order valence-electron chi connectivity index (χ3n) is 4.24. The van der Waals surface area contributed by atoms with E-state index in [2.05, 4.69) is 20.0 Å². The minimum atomic E-state index is -3.84. The molecule has 2 N–H and O–H groups in total. The Labute approximate surface area is 175 Å². The van der Waals surface area contributed by atoms with Crippen LogP contribution in [-0.4, -0.2) is 30.4 Å². The lowest BCUT2D eigenvalue weighted by Crippen LogP contribution is -2.30. The molecule has 30 heavy (non-hydrogen) atoms. The molecule has 1 atom stereocenters. The fourth-order valence-electron chi connectivity index (χ4n) is 2.57. The first-order valence-electron chi connectivity index (χ1n) is 9.19. The Balaban J connectivity index is 1.64. The molecule has 0 spiro atoms. The third-order valence-corrected chi connectivity index (χ3v) is 5.58. The maximum absolute atomic E-state index is 12.5. The Hall–Kier alpha value is -3.46. The van der Waals surface area contributed by atoms with Gasteiger partial charge in [-0.1, -0.05) is 12.1 Å². The Morgan fingerprint density at radius 2 is 1.70 bits per heavy atom. The average molecular weight is 426 g/mol. The van der Waals surface area contributed by atoms with Crippen LogP contribution in [0.25, 0.3) is 0 Å². The SMILES string of the molecule is Cc1ccc(C)c(O[C@@H](C)C(=O)Nc2ccc(S(=O)(=O)Nc3ncccn3)cc2)c1. The van der Waals surface area contributed by atoms with Gasteiger partial charge in [0, 0.05) is 18.1 Å². The molecule has 0 unspecified atom stereocenters. The summed E-state index contributed by atoms with van der Waals surface area (Å²) in [6.45, 7) is 5.51. The summed E-state index contributed by atoms with van der Waals surface area (Å²) < 4.78 is 32.9. The van der Waals surface area contributed by atoms with Crippen LogP contribution >= 0.6 is 0 Å². The van der Waals surface area contributed by atoms with Gasteiger partial charge in [0.1, 0.15) is 5.75 Å². The van der Waals surface area contributed by atoms with E-state index in [1.807, 2.05) is 32.0 Å². The molecule has 8 nitrogen and oxygen atoms in total. The highest BCUT2D eigenvalue weighted by molar-refractivity contribution is 7.92. The molecule has 1 heterocycles. The molecule has 1 amide bonds. The largest absolute Gasteiger partial charge is 0.481 e. The van der Waals surface area contributed by atoms with Gasteiger partial charge in [-0.2, -0.15) is 0 Å². The van der Waals surface area contributed by atoms with E-state index in [9.17, 15) is 13.2 Å². The van der Waals surface area contributed by atoms with Crippen LogP contribution in [0.15, 0.2) is 65.8 Å². The summed E-state index contributed by atoms with van der Waals surface area (Å²) in [5, 5.41) is 2.72. The summed E-state index contributed by atoms with van der Waals surface area (Å²) in [5.74, 6) is 0.280. The molecule has 0 aliphatic heterocycles. The average Bonchev–Trinajstić information content (AvgIpc) is 2.71. The molecule has 0 aliphatic carbocycles. The zero-order valence-corrected chi connectivity index (χ0v) is 17.6. The Kier molecular flexibility index (Phi) is 6.31. The van der Waals surface area contributed by atoms with E-state index in [1.54, 1.807) is 13.0 Å². The van der Waals surface area contributed by atoms with Crippen molar-refractivity contribution >= 4 is 27.6 Å². The van der Waals surface area contributed by atoms with Crippen molar-refractivity contribution in [3.8, 4) is 5.75 Å². The molecule has 0 fully saturated rings. The number of aromatic nitrogens is 2. The second-order valence-electron chi connectivity index (χ2n) is 6.72. The number of hydrogen-bond acceptors (Lipinski definition) is 6. The van der Waals surface area contributed by atoms with Crippen LogP contribution in [0.1, 0.15) is 18.1 Å². The van der Waals surface area contributed by atoms with Gasteiger partial charge < -0.3 is 10.1 Å². The molecule has 0 radical (unpaired) electrons. The molecule has 1 aromatic heterocycles. The highest BCUT2D eigenvalue weighted by atomic mass is 32.2. The van der Waals surface area contributed by atoms with Gasteiger partial charge in [0.15, 0.2) is 6.10 Å². The normalized spacial score (nSPS) is 12.1. The minimum Gasteiger partial charge on any atom is -0.481 e. The van der Waals surface area contributed by atoms with Crippen LogP contribution in [-0.2, 0) is 14.8 Å². The van der Waals surface area contributed by atoms with Crippen molar-refractivity contribution in [1.29, 1.82) is 0 Å². The van der Waals surface area contributed by atoms with Crippen molar-refractivity contribution in [2.75, 3.05) is 10.0 Å². The van der Waals surface area contributed by atoms with Crippen LogP contribution in [0.2, 0.25) is 0 Å². The number of carbonyl (C=O) groups is 1. The van der Waals surface area contributed by atoms with E-state index in [4.69, 9.17) is 4.74 Å². The predicted octanol–water partition coefficient (Wildman–Crippen LogP) is 3.30. The van der Waals surface area contributed by atoms with E-state index in [0.717, 1.165) is 11.1 Å². The van der Waals surface area contributed by atoms with Crippen molar-refractivity contribution in [3.63, 3.8) is 0 Å². The summed E-state index contributed by atoms with van der Waals surface area (Å²) in [6.07, 6.45) is 2.14. The molecule has 0 bridgehead atoms. The maximum atomic E-state index is 12.5. The number of sulfonamides is 1. The van der Waals surface area contributed by atoms with Gasteiger partial charge in [-0.3, -0.25) is 4.79 Å². The highest BCUT2D eigenvalue weighted by Gasteiger charge is 2.18. The molecule has 3 rings (SSSR count). The van der Waals surface area contributed by atoms with Crippen molar-refractivity contribution in [3.05, 3.63) is 72.1 Å². The lowest BCUT2D eigenvalue weighted by Gasteiger charge is -2.17. The van der Waals surface area contributed by atoms with Crippen LogP contribution in [0, 0.1) is 13.8 Å². The first-order chi connectivity index (χ1) is 14.2. The van der Waals surface area contributed by atoms with Crippen LogP contribution in [0.4, 0.5) is 11.6 Å². The van der Waals surface area contributed by atoms with E-state index in [-0.39, 0.29) is 16.8 Å². The summed E-state index contributed by atoms with van der Waals surface area (Å²) in [5.41, 5.74) is 2.42. The molecule has 156 valence electrons. The number of benzene rings is 2. The molecular weight excluding hydrogens is 404 g/mol. The van der Waals surface area contributed by atoms with Gasteiger partial charge >= 0.3 is 0 Å². The Morgan fingerprint density at radius 3 is 2.37 bits per heavy atom. The number of aryl methyl sites for hydroxylation is 2. The van der Waals surface area contributed by atoms with Gasteiger partial charge in [0.2, 0.25) is 5.95 Å². The van der Waals surface area contributed by atoms with Crippen molar-refractivity contribution in [2.45, 2.75) is 31.8 Å². The fourth-order valence-corrected chi connectivity index (χ4v) is 3.53. The van der Waals surface area contributed by atoms with E-state index >= 15 is 0 Å². The van der Waals surface area contributed by atoms with Crippen LogP contribution in [0.3, 0.4) is 0 Å². The van der Waals surface area contributed by atoms with Crippen molar-refractivity contribution in [2.24, 2.45) is 0 Å². The predicted molar refractivity (Wildman–Crippen MR) is 114 cm³/mol. The van der Waals surface area contributed by atoms with Crippen LogP contribution in [0.5, 0.6) is 5.75 Å². The fraction of sp³-hybridized carbons (Fsp3) is 0.190. The molecule has 0 saturated carbocycles. The number of carbonyl (C=O) groups excluding carboxylic acids is 1. The zero-order chi connectivity index (χ0) is 21.7. The van der Waals surface area contributed by atoms with Gasteiger partial charge in [-0.05, 0) is 68.3 Å². The second-order valence-corrected chi connectivity index (χ2v) is 8.40. The molecule has 9 heteroatoms. The minimum absolute atomic E-state index is 0.0210. The first-order valence-corrected chi connectivity index (χ1v) is 10.7. The van der Waals surface area contributed by atoms with Crippen molar-refractivity contribution < 1.29 is 17.9 Å². The lowest BCUT2D eigenvalue weighted by atomic mass is 10.1. The number of hydrogen-bond donors (Lipinski definition) is 2. The summed E-state index contributed by atoms with van der Waals surface area (Å²) in [7, 11) is -3.84. The zero-order valence-electron chi connectivity index (χ0n) is 16.8. The maximum Gasteiger partial charge on any atom is 0.265 e. The third kappa shape index (κ3) is 5.32. The summed E-state index contributed by atoms with van der Waals surface area (Å²) in [6, 6.07) is 13.1. The number of nitrogens with zero attached hydrogens (tertiary/aromatic N) is 2. The summed E-state index contributed by atoms with van der Waals surface area (Å²) in [4.78, 5) is 20.2. The molecular formula is C21H22N4O4S. The van der Waals surface area contributed by atoms with Crippen molar-refractivity contribution in [1.82, 2.24) is 9.97 Å². The molecule has 3 aromatic rings. The lowest BCUT2D eigenvalue weighted by molar-refractivity contribution is -0.122. The number of nitrogens with one attached hydrogen (secondary N) is 2. The summed E-state index contributed by atoms with van der Waals surface area (Å²) >= 11 is 0. The van der Waals surface area contributed by atoms with Gasteiger partial charge in [0.05, 0.1) is 4.90 Å². The standard InChI is InChI=1S/C21H22N4O4S/c1-14-5-6-15(2)19(13-14)29-16(3)20(26)24-17-7-9-18(10-8-17)30(27,28)25-21-22-11-4-12-23-21/h4-13,16H,1-3H3,(H,24,26)(H,22,23,25)/t16-/m0/s1. The molecule has 2 aromatic carbocycles. The van der Waals surface area contributed by atoms with E-state index < -0.39 is 16.1 Å². The number of anilines is 2. The molecule has 0 aliphatic rings. The van der Waals surface area contributed by atoms with Crippen LogP contribution < -0.4 is 14.8 Å². The number of ether oxygens (including phenoxy) is 1. The Bertz CT molecular complexity index is 1130. The van der Waals surface area contributed by atoms with E-state index in [1.165, 1.54) is 36.7 Å². The number of rotatable bonds is 7.